The average Bonchev–Trinajstić information content (AvgIpc) is 3.11. The maximum absolute atomic E-state index is 12.4. The molecular formula is C18H18ClN3O5S. The number of carbonyl (C=O) groups is 1. The zero-order valence-corrected chi connectivity index (χ0v) is 17.2. The van der Waals surface area contributed by atoms with Gasteiger partial charge in [0.15, 0.2) is 16.6 Å². The minimum atomic E-state index is -0.483. The Morgan fingerprint density at radius 3 is 2.18 bits per heavy atom. The van der Waals surface area contributed by atoms with E-state index in [-0.39, 0.29) is 0 Å². The van der Waals surface area contributed by atoms with Gasteiger partial charge in [-0.05, 0) is 12.1 Å². The van der Waals surface area contributed by atoms with Gasteiger partial charge in [0, 0.05) is 12.1 Å². The molecule has 0 atom stereocenters. The van der Waals surface area contributed by atoms with Crippen LogP contribution in [0.3, 0.4) is 0 Å². The second-order valence-corrected chi connectivity index (χ2v) is 6.85. The predicted octanol–water partition coefficient (Wildman–Crippen LogP) is 4.63. The molecule has 148 valence electrons. The monoisotopic (exact) mass is 423 g/mol. The van der Waals surface area contributed by atoms with Gasteiger partial charge < -0.3 is 24.3 Å². The Hall–Kier alpha value is -2.91. The number of amides is 2. The summed E-state index contributed by atoms with van der Waals surface area (Å²) >= 11 is 7.46. The number of urea groups is 1. The molecule has 0 fully saturated rings. The molecule has 0 aliphatic rings. The number of rotatable bonds is 6. The molecule has 2 aromatic carbocycles. The number of hydrogen-bond donors (Lipinski definition) is 2. The Kier molecular flexibility index (Phi) is 5.96. The molecule has 10 heteroatoms. The lowest BCUT2D eigenvalue weighted by atomic mass is 10.2. The molecule has 0 spiro atoms. The summed E-state index contributed by atoms with van der Waals surface area (Å²) in [6.07, 6.45) is 0. The molecule has 0 unspecified atom stereocenters. The first kappa shape index (κ1) is 19.8. The SMILES string of the molecule is COc1cc(NC(=O)Nc2nc3c(OC)ccc(Cl)c3s2)cc(OC)c1OC. The van der Waals surface area contributed by atoms with Crippen LogP contribution in [-0.2, 0) is 0 Å². The second kappa shape index (κ2) is 8.41. The fourth-order valence-electron chi connectivity index (χ4n) is 2.58. The van der Waals surface area contributed by atoms with Crippen LogP contribution < -0.4 is 29.6 Å². The van der Waals surface area contributed by atoms with Crippen molar-refractivity contribution < 1.29 is 23.7 Å². The standard InChI is InChI=1S/C18H18ClN3O5S/c1-24-11-6-5-10(19)16-14(11)21-18(28-16)22-17(23)20-9-7-12(25-2)15(27-4)13(8-9)26-3/h5-8H,1-4H3,(H2,20,21,22,23). The van der Waals surface area contributed by atoms with E-state index in [0.717, 1.165) is 4.70 Å². The van der Waals surface area contributed by atoms with E-state index in [1.807, 2.05) is 0 Å². The van der Waals surface area contributed by atoms with E-state index in [2.05, 4.69) is 15.6 Å². The third kappa shape index (κ3) is 3.85. The summed E-state index contributed by atoms with van der Waals surface area (Å²) in [5.41, 5.74) is 1.05. The zero-order valence-electron chi connectivity index (χ0n) is 15.6. The number of thiazole rings is 1. The first-order valence-corrected chi connectivity index (χ1v) is 9.21. The molecule has 28 heavy (non-hydrogen) atoms. The van der Waals surface area contributed by atoms with Crippen molar-refractivity contribution in [3.63, 3.8) is 0 Å². The molecule has 0 saturated carbocycles. The molecular weight excluding hydrogens is 406 g/mol. The van der Waals surface area contributed by atoms with Crippen molar-refractivity contribution in [2.24, 2.45) is 0 Å². The molecule has 0 radical (unpaired) electrons. The number of ether oxygens (including phenoxy) is 4. The summed E-state index contributed by atoms with van der Waals surface area (Å²) in [4.78, 5) is 16.8. The summed E-state index contributed by atoms with van der Waals surface area (Å²) < 4.78 is 21.8. The van der Waals surface area contributed by atoms with Crippen molar-refractivity contribution in [1.82, 2.24) is 4.98 Å². The van der Waals surface area contributed by atoms with Crippen LogP contribution in [0.15, 0.2) is 24.3 Å². The van der Waals surface area contributed by atoms with Gasteiger partial charge in [0.05, 0.1) is 43.8 Å². The third-order valence-corrected chi connectivity index (χ3v) is 5.25. The fraction of sp³-hybridized carbons (Fsp3) is 0.222. The first-order valence-electron chi connectivity index (χ1n) is 8.01. The molecule has 3 rings (SSSR count). The Balaban J connectivity index is 1.83. The summed E-state index contributed by atoms with van der Waals surface area (Å²) in [6, 6.07) is 6.21. The van der Waals surface area contributed by atoms with Gasteiger partial charge in [-0.25, -0.2) is 9.78 Å². The number of benzene rings is 2. The molecule has 0 bridgehead atoms. The van der Waals surface area contributed by atoms with E-state index in [9.17, 15) is 4.79 Å². The van der Waals surface area contributed by atoms with Gasteiger partial charge in [-0.1, -0.05) is 22.9 Å². The highest BCUT2D eigenvalue weighted by Gasteiger charge is 2.16. The van der Waals surface area contributed by atoms with Crippen molar-refractivity contribution in [1.29, 1.82) is 0 Å². The lowest BCUT2D eigenvalue weighted by Gasteiger charge is -2.14. The van der Waals surface area contributed by atoms with E-state index >= 15 is 0 Å². The average molecular weight is 424 g/mol. The maximum Gasteiger partial charge on any atom is 0.325 e. The minimum absolute atomic E-state index is 0.381. The summed E-state index contributed by atoms with van der Waals surface area (Å²) in [7, 11) is 6.05. The summed E-state index contributed by atoms with van der Waals surface area (Å²) in [6.45, 7) is 0. The van der Waals surface area contributed by atoms with Crippen molar-refractivity contribution in [2.45, 2.75) is 0 Å². The lowest BCUT2D eigenvalue weighted by Crippen LogP contribution is -2.19. The zero-order chi connectivity index (χ0) is 20.3. The molecule has 0 aliphatic heterocycles. The van der Waals surface area contributed by atoms with E-state index < -0.39 is 6.03 Å². The van der Waals surface area contributed by atoms with Crippen LogP contribution in [-0.4, -0.2) is 39.5 Å². The number of anilines is 2. The summed E-state index contributed by atoms with van der Waals surface area (Å²) in [5.74, 6) is 1.86. The van der Waals surface area contributed by atoms with Crippen LogP contribution in [0.4, 0.5) is 15.6 Å². The van der Waals surface area contributed by atoms with E-state index in [1.165, 1.54) is 32.7 Å². The molecule has 0 saturated heterocycles. The number of fused-ring (bicyclic) bond motifs is 1. The van der Waals surface area contributed by atoms with Crippen molar-refractivity contribution in [2.75, 3.05) is 39.1 Å². The Morgan fingerprint density at radius 2 is 1.61 bits per heavy atom. The Morgan fingerprint density at radius 1 is 0.964 bits per heavy atom. The number of carbonyl (C=O) groups excluding carboxylic acids is 1. The lowest BCUT2D eigenvalue weighted by molar-refractivity contribution is 0.262. The number of aromatic nitrogens is 1. The molecule has 8 nitrogen and oxygen atoms in total. The van der Waals surface area contributed by atoms with Crippen LogP contribution in [0.1, 0.15) is 0 Å². The molecule has 1 heterocycles. The second-order valence-electron chi connectivity index (χ2n) is 5.44. The summed E-state index contributed by atoms with van der Waals surface area (Å²) in [5, 5.41) is 6.32. The highest BCUT2D eigenvalue weighted by Crippen LogP contribution is 2.40. The quantitative estimate of drug-likeness (QED) is 0.600. The molecule has 0 aliphatic carbocycles. The number of halogens is 1. The largest absolute Gasteiger partial charge is 0.494 e. The van der Waals surface area contributed by atoms with Crippen LogP contribution >= 0.6 is 22.9 Å². The number of nitrogens with one attached hydrogen (secondary N) is 2. The fourth-order valence-corrected chi connectivity index (χ4v) is 3.73. The predicted molar refractivity (Wildman–Crippen MR) is 110 cm³/mol. The first-order chi connectivity index (χ1) is 13.5. The van der Waals surface area contributed by atoms with E-state index in [0.29, 0.717) is 44.4 Å². The highest BCUT2D eigenvalue weighted by molar-refractivity contribution is 7.23. The highest BCUT2D eigenvalue weighted by atomic mass is 35.5. The smallest absolute Gasteiger partial charge is 0.325 e. The van der Waals surface area contributed by atoms with Crippen molar-refractivity contribution in [3.8, 4) is 23.0 Å². The van der Waals surface area contributed by atoms with Crippen LogP contribution in [0.2, 0.25) is 5.02 Å². The molecule has 1 aromatic heterocycles. The van der Waals surface area contributed by atoms with E-state index in [4.69, 9.17) is 30.5 Å². The topological polar surface area (TPSA) is 90.9 Å². The Labute approximate surface area is 170 Å². The van der Waals surface area contributed by atoms with Gasteiger partial charge in [0.1, 0.15) is 11.3 Å². The maximum atomic E-state index is 12.4. The van der Waals surface area contributed by atoms with Gasteiger partial charge in [-0.2, -0.15) is 0 Å². The van der Waals surface area contributed by atoms with Crippen molar-refractivity contribution in [3.05, 3.63) is 29.3 Å². The Bertz CT molecular complexity index is 999. The minimum Gasteiger partial charge on any atom is -0.494 e. The van der Waals surface area contributed by atoms with Crippen LogP contribution in [0.25, 0.3) is 10.2 Å². The number of methoxy groups -OCH3 is 4. The van der Waals surface area contributed by atoms with Gasteiger partial charge in [0.25, 0.3) is 0 Å². The van der Waals surface area contributed by atoms with E-state index in [1.54, 1.807) is 31.4 Å². The normalized spacial score (nSPS) is 10.5. The van der Waals surface area contributed by atoms with Crippen LogP contribution in [0.5, 0.6) is 23.0 Å². The van der Waals surface area contributed by atoms with Gasteiger partial charge in [0.2, 0.25) is 5.75 Å². The molecule has 2 amide bonds. The molecule has 2 N–H and O–H groups in total. The van der Waals surface area contributed by atoms with Gasteiger partial charge in [-0.15, -0.1) is 0 Å². The van der Waals surface area contributed by atoms with Gasteiger partial charge in [-0.3, -0.25) is 5.32 Å². The van der Waals surface area contributed by atoms with Crippen molar-refractivity contribution >= 4 is 50.0 Å². The number of nitrogens with zero attached hydrogens (tertiary/aromatic N) is 1. The van der Waals surface area contributed by atoms with Crippen LogP contribution in [0, 0.1) is 0 Å². The molecule has 3 aromatic rings. The third-order valence-electron chi connectivity index (χ3n) is 3.82. The van der Waals surface area contributed by atoms with Gasteiger partial charge >= 0.3 is 6.03 Å². The number of hydrogen-bond acceptors (Lipinski definition) is 7.